The highest BCUT2D eigenvalue weighted by atomic mass is 16.6. The van der Waals surface area contributed by atoms with E-state index in [9.17, 15) is 14.9 Å². The Hall–Kier alpha value is -2.77. The minimum absolute atomic E-state index is 0.0935. The monoisotopic (exact) mass is 276 g/mol. The summed E-state index contributed by atoms with van der Waals surface area (Å²) in [5, 5.41) is 14.7. The van der Waals surface area contributed by atoms with Gasteiger partial charge in [0.25, 0.3) is 5.69 Å². The van der Waals surface area contributed by atoms with E-state index in [1.165, 1.54) is 23.1 Å². The molecule has 0 aliphatic heterocycles. The molecule has 0 saturated carbocycles. The van der Waals surface area contributed by atoms with Gasteiger partial charge in [0.2, 0.25) is 0 Å². The molecule has 104 valence electrons. The van der Waals surface area contributed by atoms with Crippen LogP contribution in [0.4, 0.5) is 5.69 Å². The number of nitro groups is 1. The van der Waals surface area contributed by atoms with Crippen molar-refractivity contribution in [3.8, 4) is 5.82 Å². The van der Waals surface area contributed by atoms with Crippen molar-refractivity contribution < 1.29 is 14.5 Å². The molecule has 0 aromatic carbocycles. The fourth-order valence-corrected chi connectivity index (χ4v) is 1.65. The van der Waals surface area contributed by atoms with Crippen molar-refractivity contribution in [3.63, 3.8) is 0 Å². The number of hydrogen-bond donors (Lipinski definition) is 0. The van der Waals surface area contributed by atoms with E-state index in [1.54, 1.807) is 13.8 Å². The number of carbonyl (C=O) groups is 1. The second kappa shape index (κ2) is 5.47. The Morgan fingerprint density at radius 3 is 2.85 bits per heavy atom. The van der Waals surface area contributed by atoms with Crippen molar-refractivity contribution >= 4 is 11.7 Å². The van der Waals surface area contributed by atoms with Crippen LogP contribution in [0.2, 0.25) is 0 Å². The van der Waals surface area contributed by atoms with E-state index in [4.69, 9.17) is 4.74 Å². The smallest absolute Gasteiger partial charge is 0.341 e. The van der Waals surface area contributed by atoms with E-state index >= 15 is 0 Å². The Labute approximate surface area is 114 Å². The number of nitrogens with zero attached hydrogens (tertiary/aromatic N) is 4. The van der Waals surface area contributed by atoms with Gasteiger partial charge < -0.3 is 4.74 Å². The first kappa shape index (κ1) is 13.7. The van der Waals surface area contributed by atoms with Crippen LogP contribution in [0.25, 0.3) is 5.82 Å². The van der Waals surface area contributed by atoms with Gasteiger partial charge in [-0.3, -0.25) is 10.1 Å². The topological polar surface area (TPSA) is 100 Å². The number of rotatable bonds is 4. The summed E-state index contributed by atoms with van der Waals surface area (Å²) < 4.78 is 6.24. The lowest BCUT2D eigenvalue weighted by atomic mass is 10.2. The van der Waals surface area contributed by atoms with Crippen LogP contribution in [0.15, 0.2) is 24.7 Å². The minimum Gasteiger partial charge on any atom is -0.462 e. The summed E-state index contributed by atoms with van der Waals surface area (Å²) in [4.78, 5) is 25.7. The summed E-state index contributed by atoms with van der Waals surface area (Å²) in [6, 6.07) is 1.40. The summed E-state index contributed by atoms with van der Waals surface area (Å²) in [5.41, 5.74) is 0.785. The van der Waals surface area contributed by atoms with Gasteiger partial charge in [-0.25, -0.2) is 14.5 Å². The molecule has 2 heterocycles. The Balaban J connectivity index is 2.33. The molecule has 0 spiro atoms. The van der Waals surface area contributed by atoms with Gasteiger partial charge in [0.1, 0.15) is 6.20 Å². The van der Waals surface area contributed by atoms with Crippen LogP contribution in [-0.4, -0.2) is 32.3 Å². The average Bonchev–Trinajstić information content (AvgIpc) is 2.88. The predicted octanol–water partition coefficient (Wildman–Crippen LogP) is 1.66. The molecule has 0 N–H and O–H groups in total. The standard InChI is InChI=1S/C12H12N4O4/c1-3-20-12(17)9-5-14-15(7-9)11-8(2)4-10(6-13-11)16(18)19/h4-7H,3H2,1-2H3. The van der Waals surface area contributed by atoms with Gasteiger partial charge in [-0.05, 0) is 13.8 Å². The molecule has 0 aliphatic rings. The first-order valence-corrected chi connectivity index (χ1v) is 5.86. The number of pyridine rings is 1. The second-order valence-corrected chi connectivity index (χ2v) is 3.99. The van der Waals surface area contributed by atoms with Gasteiger partial charge in [-0.2, -0.15) is 5.10 Å². The normalized spacial score (nSPS) is 10.3. The van der Waals surface area contributed by atoms with Crippen molar-refractivity contribution in [2.24, 2.45) is 0 Å². The van der Waals surface area contributed by atoms with Crippen LogP contribution in [0.5, 0.6) is 0 Å². The van der Waals surface area contributed by atoms with Crippen molar-refractivity contribution in [3.05, 3.63) is 45.9 Å². The van der Waals surface area contributed by atoms with Gasteiger partial charge in [-0.1, -0.05) is 0 Å². The Kier molecular flexibility index (Phi) is 3.74. The van der Waals surface area contributed by atoms with Crippen molar-refractivity contribution in [1.29, 1.82) is 0 Å². The van der Waals surface area contributed by atoms with Gasteiger partial charge in [-0.15, -0.1) is 0 Å². The predicted molar refractivity (Wildman–Crippen MR) is 68.7 cm³/mol. The summed E-state index contributed by atoms with van der Waals surface area (Å²) in [5.74, 6) is -0.0514. The molecule has 8 heteroatoms. The molecule has 0 fully saturated rings. The number of esters is 1. The first-order valence-electron chi connectivity index (χ1n) is 5.86. The maximum atomic E-state index is 11.5. The molecule has 8 nitrogen and oxygen atoms in total. The SMILES string of the molecule is CCOC(=O)c1cnn(-c2ncc([N+](=O)[O-])cc2C)c1. The largest absolute Gasteiger partial charge is 0.462 e. The van der Waals surface area contributed by atoms with E-state index in [0.29, 0.717) is 16.9 Å². The highest BCUT2D eigenvalue weighted by Gasteiger charge is 2.14. The van der Waals surface area contributed by atoms with E-state index in [2.05, 4.69) is 10.1 Å². The summed E-state index contributed by atoms with van der Waals surface area (Å²) in [6.07, 6.45) is 3.98. The third-order valence-corrected chi connectivity index (χ3v) is 2.56. The Morgan fingerprint density at radius 1 is 1.50 bits per heavy atom. The molecule has 0 unspecified atom stereocenters. The van der Waals surface area contributed by atoms with Crippen LogP contribution in [-0.2, 0) is 4.74 Å². The number of carbonyl (C=O) groups excluding carboxylic acids is 1. The fraction of sp³-hybridized carbons (Fsp3) is 0.250. The minimum atomic E-state index is -0.517. The van der Waals surface area contributed by atoms with E-state index in [0.717, 1.165) is 6.20 Å². The van der Waals surface area contributed by atoms with Gasteiger partial charge in [0.15, 0.2) is 5.82 Å². The van der Waals surface area contributed by atoms with Crippen LogP contribution >= 0.6 is 0 Å². The lowest BCUT2D eigenvalue weighted by molar-refractivity contribution is -0.385. The van der Waals surface area contributed by atoms with E-state index < -0.39 is 10.9 Å². The number of hydrogen-bond acceptors (Lipinski definition) is 6. The third-order valence-electron chi connectivity index (χ3n) is 2.56. The van der Waals surface area contributed by atoms with Crippen LogP contribution in [0.3, 0.4) is 0 Å². The number of ether oxygens (including phenoxy) is 1. The van der Waals surface area contributed by atoms with Crippen LogP contribution in [0.1, 0.15) is 22.8 Å². The lowest BCUT2D eigenvalue weighted by Crippen LogP contribution is -2.04. The molecule has 0 aliphatic carbocycles. The molecule has 0 saturated heterocycles. The van der Waals surface area contributed by atoms with Crippen molar-refractivity contribution in [2.45, 2.75) is 13.8 Å². The van der Waals surface area contributed by atoms with E-state index in [1.807, 2.05) is 0 Å². The third kappa shape index (κ3) is 2.63. The van der Waals surface area contributed by atoms with Crippen LogP contribution < -0.4 is 0 Å². The molecule has 2 aromatic rings. The highest BCUT2D eigenvalue weighted by molar-refractivity contribution is 5.88. The number of aryl methyl sites for hydroxylation is 1. The molecule has 0 amide bonds. The molecule has 0 radical (unpaired) electrons. The first-order chi connectivity index (χ1) is 9.52. The average molecular weight is 276 g/mol. The maximum absolute atomic E-state index is 11.5. The number of aromatic nitrogens is 3. The zero-order chi connectivity index (χ0) is 14.7. The van der Waals surface area contributed by atoms with Gasteiger partial charge in [0, 0.05) is 17.8 Å². The summed E-state index contributed by atoms with van der Waals surface area (Å²) in [7, 11) is 0. The fourth-order valence-electron chi connectivity index (χ4n) is 1.65. The second-order valence-electron chi connectivity index (χ2n) is 3.99. The molecule has 2 rings (SSSR count). The molecule has 0 atom stereocenters. The highest BCUT2D eigenvalue weighted by Crippen LogP contribution is 2.17. The zero-order valence-corrected chi connectivity index (χ0v) is 10.9. The van der Waals surface area contributed by atoms with Gasteiger partial charge >= 0.3 is 5.97 Å². The van der Waals surface area contributed by atoms with E-state index in [-0.39, 0.29) is 12.3 Å². The molecular weight excluding hydrogens is 264 g/mol. The Morgan fingerprint density at radius 2 is 2.25 bits per heavy atom. The van der Waals surface area contributed by atoms with Crippen molar-refractivity contribution in [1.82, 2.24) is 14.8 Å². The van der Waals surface area contributed by atoms with Crippen molar-refractivity contribution in [2.75, 3.05) is 6.61 Å². The molecule has 20 heavy (non-hydrogen) atoms. The summed E-state index contributed by atoms with van der Waals surface area (Å²) >= 11 is 0. The lowest BCUT2D eigenvalue weighted by Gasteiger charge is -2.03. The summed E-state index contributed by atoms with van der Waals surface area (Å²) in [6.45, 7) is 3.67. The van der Waals surface area contributed by atoms with Gasteiger partial charge in [0.05, 0.1) is 23.3 Å². The molecule has 2 aromatic heterocycles. The quantitative estimate of drug-likeness (QED) is 0.478. The Bertz CT molecular complexity index is 665. The zero-order valence-electron chi connectivity index (χ0n) is 10.9. The maximum Gasteiger partial charge on any atom is 0.341 e. The molecular formula is C12H12N4O4. The molecule has 0 bridgehead atoms. The van der Waals surface area contributed by atoms with Crippen LogP contribution in [0, 0.1) is 17.0 Å².